The average molecular weight is 208 g/mol. The van der Waals surface area contributed by atoms with Crippen molar-refractivity contribution in [2.24, 2.45) is 11.7 Å². The lowest BCUT2D eigenvalue weighted by Crippen LogP contribution is -2.36. The number of hydrazine groups is 2. The molecule has 0 aliphatic carbocycles. The molecule has 0 aromatic carbocycles. The van der Waals surface area contributed by atoms with Gasteiger partial charge in [0.05, 0.1) is 0 Å². The van der Waals surface area contributed by atoms with E-state index in [1.165, 1.54) is 5.43 Å². The fourth-order valence-corrected chi connectivity index (χ4v) is 0.308. The lowest BCUT2D eigenvalue weighted by molar-refractivity contribution is 0.0527. The average Bonchev–Trinajstić information content (AvgIpc) is 2.02. The molecule has 0 aliphatic rings. The van der Waals surface area contributed by atoms with Crippen molar-refractivity contribution in [2.45, 2.75) is 26.4 Å². The van der Waals surface area contributed by atoms with Gasteiger partial charge in [-0.25, -0.2) is 21.3 Å². The number of nitrogens with two attached hydrogens (primary N) is 2. The molecule has 0 fully saturated rings. The first-order valence-corrected chi connectivity index (χ1v) is 3.62. The zero-order valence-corrected chi connectivity index (χ0v) is 8.33. The van der Waals surface area contributed by atoms with E-state index in [1.807, 2.05) is 5.43 Å². The van der Waals surface area contributed by atoms with Gasteiger partial charge in [0.2, 0.25) is 0 Å². The Balaban J connectivity index is 0. The van der Waals surface area contributed by atoms with E-state index in [0.717, 1.165) is 0 Å². The van der Waals surface area contributed by atoms with Crippen molar-refractivity contribution in [2.75, 3.05) is 0 Å². The van der Waals surface area contributed by atoms with E-state index in [4.69, 9.17) is 20.5 Å². The maximum atomic E-state index is 10.4. The maximum absolute atomic E-state index is 10.4. The smallest absolute Gasteiger partial charge is 0.421 e. The maximum Gasteiger partial charge on any atom is 0.421 e. The van der Waals surface area contributed by atoms with Gasteiger partial charge in [-0.3, -0.25) is 10.9 Å². The highest BCUT2D eigenvalue weighted by Gasteiger charge is 2.14. The summed E-state index contributed by atoms with van der Waals surface area (Å²) in [6.45, 7) is 5.30. The van der Waals surface area contributed by atoms with Crippen molar-refractivity contribution >= 4 is 12.2 Å². The first-order chi connectivity index (χ1) is 6.22. The second-order valence-electron chi connectivity index (χ2n) is 3.10. The summed E-state index contributed by atoms with van der Waals surface area (Å²) in [7, 11) is 0. The van der Waals surface area contributed by atoms with Crippen LogP contribution in [0.25, 0.3) is 0 Å². The Morgan fingerprint density at radius 2 is 1.57 bits per heavy atom. The van der Waals surface area contributed by atoms with E-state index in [1.54, 1.807) is 20.8 Å². The number of hydrogen-bond acceptors (Lipinski definition) is 5. The molecule has 0 atom stereocenters. The molecule has 0 aromatic heterocycles. The van der Waals surface area contributed by atoms with Gasteiger partial charge in [-0.2, -0.15) is 0 Å². The Bertz CT molecular complexity index is 189. The molecule has 0 spiro atoms. The minimum atomic E-state index is -1.22. The number of carbonyl (C=O) groups is 2. The van der Waals surface area contributed by atoms with Gasteiger partial charge in [0.25, 0.3) is 0 Å². The molecule has 0 unspecified atom stereocenters. The summed E-state index contributed by atoms with van der Waals surface area (Å²) >= 11 is 0. The normalized spacial score (nSPS) is 9.21. The van der Waals surface area contributed by atoms with Crippen LogP contribution >= 0.6 is 0 Å². The van der Waals surface area contributed by atoms with Crippen LogP contribution in [0.3, 0.4) is 0 Å². The molecule has 0 rings (SSSR count). The Kier molecular flexibility index (Phi) is 7.39. The van der Waals surface area contributed by atoms with Crippen molar-refractivity contribution in [1.82, 2.24) is 10.9 Å². The number of amides is 2. The Hall–Kier alpha value is -1.54. The number of ether oxygens (including phenoxy) is 1. The van der Waals surface area contributed by atoms with E-state index in [2.05, 4.69) is 5.84 Å². The molecular weight excluding hydrogens is 192 g/mol. The first-order valence-electron chi connectivity index (χ1n) is 3.62. The van der Waals surface area contributed by atoms with Gasteiger partial charge in [-0.05, 0) is 20.8 Å². The molecule has 0 aromatic rings. The lowest BCUT2D eigenvalue weighted by Gasteiger charge is -2.18. The van der Waals surface area contributed by atoms with E-state index in [9.17, 15) is 4.79 Å². The third-order valence-corrected chi connectivity index (χ3v) is 0.640. The molecule has 8 nitrogen and oxygen atoms in total. The highest BCUT2D eigenvalue weighted by atomic mass is 16.6. The second kappa shape index (κ2) is 6.92. The first kappa shape index (κ1) is 15.0. The molecule has 0 bridgehead atoms. The van der Waals surface area contributed by atoms with Crippen molar-refractivity contribution < 1.29 is 19.4 Å². The topological polar surface area (TPSA) is 140 Å². The van der Waals surface area contributed by atoms with Crippen molar-refractivity contribution in [3.63, 3.8) is 0 Å². The summed E-state index contributed by atoms with van der Waals surface area (Å²) in [4.78, 5) is 19.5. The van der Waals surface area contributed by atoms with Gasteiger partial charge in [0, 0.05) is 0 Å². The summed E-state index contributed by atoms with van der Waals surface area (Å²) in [6.07, 6.45) is -1.83. The zero-order chi connectivity index (χ0) is 11.8. The van der Waals surface area contributed by atoms with Crippen LogP contribution in [0.15, 0.2) is 0 Å². The van der Waals surface area contributed by atoms with Crippen LogP contribution in [0.5, 0.6) is 0 Å². The molecule has 0 saturated carbocycles. The molecule has 0 radical (unpaired) electrons. The van der Waals surface area contributed by atoms with E-state index in [0.29, 0.717) is 0 Å². The van der Waals surface area contributed by atoms with Crippen molar-refractivity contribution in [3.05, 3.63) is 0 Å². The number of nitrogens with one attached hydrogen (secondary N) is 2. The molecule has 0 aliphatic heterocycles. The number of carboxylic acid groups (broad SMARTS) is 1. The quantitative estimate of drug-likeness (QED) is 0.207. The molecule has 0 heterocycles. The second-order valence-corrected chi connectivity index (χ2v) is 3.10. The highest BCUT2D eigenvalue weighted by molar-refractivity contribution is 5.66. The number of hydrogen-bond donors (Lipinski definition) is 5. The number of rotatable bonds is 0. The molecule has 8 heteroatoms. The highest BCUT2D eigenvalue weighted by Crippen LogP contribution is 2.05. The van der Waals surface area contributed by atoms with Crippen LogP contribution in [0, 0.1) is 0 Å². The van der Waals surface area contributed by atoms with Crippen LogP contribution in [0.1, 0.15) is 20.8 Å². The summed E-state index contributed by atoms with van der Waals surface area (Å²) < 4.78 is 4.71. The molecular formula is C6H16N4O4. The van der Waals surface area contributed by atoms with Crippen LogP contribution < -0.4 is 22.5 Å². The van der Waals surface area contributed by atoms with E-state index in [-0.39, 0.29) is 0 Å². The Morgan fingerprint density at radius 1 is 1.21 bits per heavy atom. The third kappa shape index (κ3) is 16.8. The minimum Gasteiger partial charge on any atom is -0.464 e. The predicted octanol–water partition coefficient (Wildman–Crippen LogP) is -0.487. The van der Waals surface area contributed by atoms with Crippen LogP contribution in [0.2, 0.25) is 0 Å². The van der Waals surface area contributed by atoms with Gasteiger partial charge in [-0.1, -0.05) is 0 Å². The van der Waals surface area contributed by atoms with E-state index >= 15 is 0 Å². The summed E-state index contributed by atoms with van der Waals surface area (Å²) in [5, 5.41) is 7.49. The fraction of sp³-hybridized carbons (Fsp3) is 0.667. The van der Waals surface area contributed by atoms with Gasteiger partial charge >= 0.3 is 12.2 Å². The van der Waals surface area contributed by atoms with Gasteiger partial charge in [0.1, 0.15) is 5.60 Å². The summed E-state index contributed by atoms with van der Waals surface area (Å²) in [5.74, 6) is 9.08. The van der Waals surface area contributed by atoms with Crippen LogP contribution in [-0.4, -0.2) is 22.9 Å². The lowest BCUT2D eigenvalue weighted by atomic mass is 10.2. The van der Waals surface area contributed by atoms with Gasteiger partial charge < -0.3 is 9.84 Å². The third-order valence-electron chi connectivity index (χ3n) is 0.640. The summed E-state index contributed by atoms with van der Waals surface area (Å²) in [5.41, 5.74) is 2.84. The van der Waals surface area contributed by atoms with Crippen LogP contribution in [0.4, 0.5) is 9.59 Å². The van der Waals surface area contributed by atoms with Crippen molar-refractivity contribution in [1.29, 1.82) is 0 Å². The van der Waals surface area contributed by atoms with E-state index < -0.39 is 17.8 Å². The molecule has 14 heavy (non-hydrogen) atoms. The largest absolute Gasteiger partial charge is 0.464 e. The fourth-order valence-electron chi connectivity index (χ4n) is 0.308. The standard InChI is InChI=1S/C5H12N2O2.CH4N2O2/c1-5(2,3)9-4(8)7-6;2-3-1(4)5/h6H2,1-3H3,(H,7,8);3H,2H2,(H,4,5). The van der Waals surface area contributed by atoms with Crippen molar-refractivity contribution in [3.8, 4) is 0 Å². The van der Waals surface area contributed by atoms with Gasteiger partial charge in [-0.15, -0.1) is 0 Å². The number of carbonyl (C=O) groups excluding carboxylic acids is 1. The monoisotopic (exact) mass is 208 g/mol. The van der Waals surface area contributed by atoms with Crippen LogP contribution in [-0.2, 0) is 4.74 Å². The molecule has 2 amide bonds. The Labute approximate surface area is 81.5 Å². The van der Waals surface area contributed by atoms with Gasteiger partial charge in [0.15, 0.2) is 0 Å². The predicted molar refractivity (Wildman–Crippen MR) is 48.9 cm³/mol. The Morgan fingerprint density at radius 3 is 1.64 bits per heavy atom. The minimum absolute atomic E-state index is 0.469. The summed E-state index contributed by atoms with van der Waals surface area (Å²) in [6, 6.07) is 0. The molecule has 84 valence electrons. The molecule has 7 N–H and O–H groups in total. The molecule has 0 saturated heterocycles. The SMILES string of the molecule is CC(C)(C)OC(=O)NN.NNC(=O)O. The zero-order valence-electron chi connectivity index (χ0n) is 8.33.